The van der Waals surface area contributed by atoms with Crippen LogP contribution in [-0.4, -0.2) is 34.1 Å². The number of amides is 1. The molecular formula is C17H23NO2. The summed E-state index contributed by atoms with van der Waals surface area (Å²) in [5.74, 6) is 0.647. The van der Waals surface area contributed by atoms with Gasteiger partial charge in [0.05, 0.1) is 18.1 Å². The molecule has 1 amide bonds. The van der Waals surface area contributed by atoms with E-state index in [9.17, 15) is 9.90 Å². The van der Waals surface area contributed by atoms with Crippen LogP contribution in [0.4, 0.5) is 0 Å². The zero-order valence-corrected chi connectivity index (χ0v) is 12.3. The molecule has 1 aliphatic carbocycles. The number of rotatable bonds is 3. The fraction of sp³-hybridized carbons (Fsp3) is 0.588. The molecule has 1 heterocycles. The van der Waals surface area contributed by atoms with Crippen molar-refractivity contribution in [1.29, 1.82) is 0 Å². The molecule has 1 spiro atoms. The molecule has 20 heavy (non-hydrogen) atoms. The second kappa shape index (κ2) is 4.88. The van der Waals surface area contributed by atoms with Crippen molar-refractivity contribution in [3.8, 4) is 0 Å². The van der Waals surface area contributed by atoms with E-state index in [-0.39, 0.29) is 17.6 Å². The quantitative estimate of drug-likeness (QED) is 0.919. The highest BCUT2D eigenvalue weighted by Crippen LogP contribution is 2.49. The second-order valence-corrected chi connectivity index (χ2v) is 6.53. The van der Waals surface area contributed by atoms with Crippen LogP contribution in [0.5, 0.6) is 0 Å². The lowest BCUT2D eigenvalue weighted by molar-refractivity contribution is -0.133. The van der Waals surface area contributed by atoms with Crippen molar-refractivity contribution in [3.05, 3.63) is 35.4 Å². The van der Waals surface area contributed by atoms with Crippen LogP contribution in [0.15, 0.2) is 24.3 Å². The summed E-state index contributed by atoms with van der Waals surface area (Å²) in [6.07, 6.45) is 2.80. The molecule has 1 saturated carbocycles. The van der Waals surface area contributed by atoms with Crippen molar-refractivity contribution >= 4 is 5.91 Å². The van der Waals surface area contributed by atoms with E-state index in [1.165, 1.54) is 5.56 Å². The number of carbonyl (C=O) groups excluding carboxylic acids is 1. The monoisotopic (exact) mass is 273 g/mol. The Morgan fingerprint density at radius 3 is 2.85 bits per heavy atom. The molecule has 0 bridgehead atoms. The van der Waals surface area contributed by atoms with Crippen LogP contribution < -0.4 is 0 Å². The van der Waals surface area contributed by atoms with Crippen LogP contribution in [0.3, 0.4) is 0 Å². The predicted octanol–water partition coefficient (Wildman–Crippen LogP) is 2.48. The summed E-state index contributed by atoms with van der Waals surface area (Å²) >= 11 is 0. The summed E-state index contributed by atoms with van der Waals surface area (Å²) in [6.45, 7) is 5.04. The van der Waals surface area contributed by atoms with Gasteiger partial charge in [0, 0.05) is 6.54 Å². The Labute approximate surface area is 120 Å². The first-order valence-electron chi connectivity index (χ1n) is 7.60. The van der Waals surface area contributed by atoms with Gasteiger partial charge in [-0.25, -0.2) is 0 Å². The van der Waals surface area contributed by atoms with Gasteiger partial charge in [-0.15, -0.1) is 0 Å². The van der Waals surface area contributed by atoms with E-state index in [1.807, 2.05) is 17.0 Å². The first-order chi connectivity index (χ1) is 9.53. The minimum Gasteiger partial charge on any atom is -0.391 e. The molecule has 1 unspecified atom stereocenters. The Kier molecular flexibility index (Phi) is 3.33. The van der Waals surface area contributed by atoms with Gasteiger partial charge in [0.2, 0.25) is 5.91 Å². The minimum absolute atomic E-state index is 0.167. The zero-order valence-electron chi connectivity index (χ0n) is 12.3. The van der Waals surface area contributed by atoms with Crippen molar-refractivity contribution in [2.45, 2.75) is 57.1 Å². The van der Waals surface area contributed by atoms with Crippen molar-refractivity contribution in [2.75, 3.05) is 6.54 Å². The Morgan fingerprint density at radius 2 is 2.20 bits per heavy atom. The third-order valence-corrected chi connectivity index (χ3v) is 4.82. The lowest BCUT2D eigenvalue weighted by Crippen LogP contribution is -2.42. The zero-order chi connectivity index (χ0) is 14.3. The summed E-state index contributed by atoms with van der Waals surface area (Å²) in [6, 6.07) is 8.30. The average Bonchev–Trinajstić information content (AvgIpc) is 3.13. The van der Waals surface area contributed by atoms with Gasteiger partial charge < -0.3 is 10.0 Å². The van der Waals surface area contributed by atoms with Crippen molar-refractivity contribution in [2.24, 2.45) is 0 Å². The van der Waals surface area contributed by atoms with E-state index < -0.39 is 0 Å². The van der Waals surface area contributed by atoms with E-state index in [0.717, 1.165) is 24.8 Å². The molecule has 108 valence electrons. The first-order valence-corrected chi connectivity index (χ1v) is 7.60. The molecule has 1 saturated heterocycles. The SMILES string of the molecule is CC(C)c1cccc(CC(=O)N2CCC(O)C23CC3)c1. The van der Waals surface area contributed by atoms with Gasteiger partial charge in [-0.3, -0.25) is 4.79 Å². The largest absolute Gasteiger partial charge is 0.391 e. The van der Waals surface area contributed by atoms with E-state index in [1.54, 1.807) is 0 Å². The number of aliphatic hydroxyl groups excluding tert-OH is 1. The Morgan fingerprint density at radius 1 is 1.45 bits per heavy atom. The number of carbonyl (C=O) groups is 1. The van der Waals surface area contributed by atoms with Crippen LogP contribution in [0.25, 0.3) is 0 Å². The molecule has 1 aliphatic heterocycles. The number of nitrogens with zero attached hydrogens (tertiary/aromatic N) is 1. The summed E-state index contributed by atoms with van der Waals surface area (Å²) in [7, 11) is 0. The standard InChI is InChI=1S/C17H23NO2/c1-12(2)14-5-3-4-13(10-14)11-16(20)18-9-6-15(19)17(18)7-8-17/h3-5,10,12,15,19H,6-9,11H2,1-2H3. The molecule has 1 aromatic carbocycles. The molecule has 1 N–H and O–H groups in total. The fourth-order valence-electron chi connectivity index (χ4n) is 3.36. The van der Waals surface area contributed by atoms with Crippen LogP contribution in [0.2, 0.25) is 0 Å². The molecule has 2 fully saturated rings. The second-order valence-electron chi connectivity index (χ2n) is 6.53. The van der Waals surface area contributed by atoms with Gasteiger partial charge in [-0.05, 0) is 36.3 Å². The molecule has 1 atom stereocenters. The van der Waals surface area contributed by atoms with Crippen molar-refractivity contribution in [1.82, 2.24) is 4.90 Å². The highest BCUT2D eigenvalue weighted by Gasteiger charge is 2.58. The molecule has 3 heteroatoms. The Balaban J connectivity index is 1.72. The maximum atomic E-state index is 12.5. The van der Waals surface area contributed by atoms with Crippen molar-refractivity contribution < 1.29 is 9.90 Å². The maximum absolute atomic E-state index is 12.5. The molecular weight excluding hydrogens is 250 g/mol. The number of likely N-dealkylation sites (tertiary alicyclic amines) is 1. The van der Waals surface area contributed by atoms with Crippen LogP contribution >= 0.6 is 0 Å². The maximum Gasteiger partial charge on any atom is 0.227 e. The van der Waals surface area contributed by atoms with E-state index in [2.05, 4.69) is 26.0 Å². The van der Waals surface area contributed by atoms with Crippen LogP contribution in [0.1, 0.15) is 50.2 Å². The first kappa shape index (κ1) is 13.6. The fourth-order valence-corrected chi connectivity index (χ4v) is 3.36. The molecule has 3 rings (SSSR count). The average molecular weight is 273 g/mol. The molecule has 2 aliphatic rings. The highest BCUT2D eigenvalue weighted by molar-refractivity contribution is 5.80. The van der Waals surface area contributed by atoms with Gasteiger partial charge in [0.1, 0.15) is 0 Å². The normalized spacial score (nSPS) is 23.6. The molecule has 0 radical (unpaired) electrons. The summed E-state index contributed by atoms with van der Waals surface area (Å²) in [5.41, 5.74) is 2.16. The topological polar surface area (TPSA) is 40.5 Å². The summed E-state index contributed by atoms with van der Waals surface area (Å²) < 4.78 is 0. The minimum atomic E-state index is -0.312. The van der Waals surface area contributed by atoms with Crippen molar-refractivity contribution in [3.63, 3.8) is 0 Å². The van der Waals surface area contributed by atoms with E-state index in [0.29, 0.717) is 18.9 Å². The summed E-state index contributed by atoms with van der Waals surface area (Å²) in [5, 5.41) is 10.0. The third-order valence-electron chi connectivity index (χ3n) is 4.82. The van der Waals surface area contributed by atoms with Gasteiger partial charge in [0.15, 0.2) is 0 Å². The Hall–Kier alpha value is -1.35. The lowest BCUT2D eigenvalue weighted by Gasteiger charge is -2.26. The number of benzene rings is 1. The van der Waals surface area contributed by atoms with Gasteiger partial charge in [-0.2, -0.15) is 0 Å². The number of aliphatic hydroxyl groups is 1. The smallest absolute Gasteiger partial charge is 0.227 e. The van der Waals surface area contributed by atoms with Crippen LogP contribution in [-0.2, 0) is 11.2 Å². The highest BCUT2D eigenvalue weighted by atomic mass is 16.3. The van der Waals surface area contributed by atoms with Gasteiger partial charge >= 0.3 is 0 Å². The molecule has 1 aromatic rings. The van der Waals surface area contributed by atoms with Gasteiger partial charge in [0.25, 0.3) is 0 Å². The van der Waals surface area contributed by atoms with Crippen LogP contribution in [0, 0.1) is 0 Å². The van der Waals surface area contributed by atoms with E-state index in [4.69, 9.17) is 0 Å². The van der Waals surface area contributed by atoms with E-state index >= 15 is 0 Å². The predicted molar refractivity (Wildman–Crippen MR) is 78.5 cm³/mol. The number of hydrogen-bond acceptors (Lipinski definition) is 2. The third kappa shape index (κ3) is 2.24. The summed E-state index contributed by atoms with van der Waals surface area (Å²) in [4.78, 5) is 14.4. The lowest BCUT2D eigenvalue weighted by atomic mass is 9.99. The van der Waals surface area contributed by atoms with Gasteiger partial charge in [-0.1, -0.05) is 38.1 Å². The Bertz CT molecular complexity index is 519. The number of hydrogen-bond donors (Lipinski definition) is 1. The molecule has 3 nitrogen and oxygen atoms in total. The molecule has 0 aromatic heterocycles.